The number of amides is 2. The van der Waals surface area contributed by atoms with Crippen LogP contribution in [0, 0.1) is 11.8 Å². The van der Waals surface area contributed by atoms with Crippen molar-refractivity contribution < 1.29 is 9.59 Å². The summed E-state index contributed by atoms with van der Waals surface area (Å²) in [6, 6.07) is -0.196. The van der Waals surface area contributed by atoms with Crippen molar-refractivity contribution >= 4 is 11.8 Å². The fraction of sp³-hybridized carbons (Fsp3) is 0.846. The average Bonchev–Trinajstić information content (AvgIpc) is 2.22. The molecule has 17 heavy (non-hydrogen) atoms. The van der Waals surface area contributed by atoms with Crippen LogP contribution in [0.5, 0.6) is 0 Å². The third-order valence-electron chi connectivity index (χ3n) is 3.43. The highest BCUT2D eigenvalue weighted by Gasteiger charge is 2.38. The lowest BCUT2D eigenvalue weighted by molar-refractivity contribution is -0.149. The number of carbonyl (C=O) groups excluding carboxylic acids is 2. The van der Waals surface area contributed by atoms with Crippen LogP contribution < -0.4 is 5.32 Å². The highest BCUT2D eigenvalue weighted by Crippen LogP contribution is 2.19. The SMILES string of the molecule is CCC(C(C)C)N1CC(=O)NC(C(C)C)C1=O. The second-order valence-corrected chi connectivity index (χ2v) is 5.47. The molecule has 1 N–H and O–H groups in total. The first-order valence-corrected chi connectivity index (χ1v) is 6.48. The minimum absolute atomic E-state index is 0.0394. The molecule has 1 aliphatic heterocycles. The number of hydrogen-bond acceptors (Lipinski definition) is 2. The average molecular weight is 240 g/mol. The lowest BCUT2D eigenvalue weighted by Gasteiger charge is -2.40. The van der Waals surface area contributed by atoms with Crippen LogP contribution in [-0.4, -0.2) is 35.3 Å². The van der Waals surface area contributed by atoms with Gasteiger partial charge < -0.3 is 10.2 Å². The molecule has 1 aliphatic rings. The summed E-state index contributed by atoms with van der Waals surface area (Å²) in [6.45, 7) is 10.4. The number of rotatable bonds is 4. The third kappa shape index (κ3) is 2.99. The van der Waals surface area contributed by atoms with Gasteiger partial charge in [-0.25, -0.2) is 0 Å². The van der Waals surface area contributed by atoms with E-state index in [0.717, 1.165) is 6.42 Å². The summed E-state index contributed by atoms with van der Waals surface area (Å²) in [5, 5.41) is 2.78. The Morgan fingerprint density at radius 1 is 1.29 bits per heavy atom. The number of carbonyl (C=O) groups is 2. The molecule has 0 saturated carbocycles. The van der Waals surface area contributed by atoms with Crippen molar-refractivity contribution in [3.8, 4) is 0 Å². The maximum atomic E-state index is 12.3. The van der Waals surface area contributed by atoms with Crippen LogP contribution in [-0.2, 0) is 9.59 Å². The molecule has 2 amide bonds. The van der Waals surface area contributed by atoms with Crippen LogP contribution >= 0.6 is 0 Å². The zero-order valence-corrected chi connectivity index (χ0v) is 11.5. The van der Waals surface area contributed by atoms with Gasteiger partial charge in [0.1, 0.15) is 6.04 Å². The predicted octanol–water partition coefficient (Wildman–Crippen LogP) is 1.40. The van der Waals surface area contributed by atoms with Gasteiger partial charge in [-0.1, -0.05) is 34.6 Å². The summed E-state index contributed by atoms with van der Waals surface area (Å²) in [6.07, 6.45) is 0.890. The Bertz CT molecular complexity index is 300. The number of nitrogens with one attached hydrogen (secondary N) is 1. The summed E-state index contributed by atoms with van der Waals surface area (Å²) in [7, 11) is 0. The summed E-state index contributed by atoms with van der Waals surface area (Å²) >= 11 is 0. The van der Waals surface area contributed by atoms with E-state index in [1.54, 1.807) is 4.90 Å². The Morgan fingerprint density at radius 3 is 2.29 bits per heavy atom. The molecule has 1 rings (SSSR count). The molecule has 0 aromatic heterocycles. The molecule has 1 fully saturated rings. The van der Waals surface area contributed by atoms with Crippen LogP contribution in [0.4, 0.5) is 0 Å². The molecule has 0 radical (unpaired) electrons. The van der Waals surface area contributed by atoms with E-state index in [2.05, 4.69) is 26.1 Å². The zero-order chi connectivity index (χ0) is 13.2. The number of piperazine rings is 1. The molecule has 1 saturated heterocycles. The Hall–Kier alpha value is -1.06. The molecular formula is C13H24N2O2. The molecule has 2 atom stereocenters. The standard InChI is InChI=1S/C13H24N2O2/c1-6-10(8(2)3)15-7-11(16)14-12(9(4)5)13(15)17/h8-10,12H,6-7H2,1-5H3,(H,14,16). The minimum Gasteiger partial charge on any atom is -0.343 e. The van der Waals surface area contributed by atoms with Gasteiger partial charge in [-0.2, -0.15) is 0 Å². The smallest absolute Gasteiger partial charge is 0.246 e. The van der Waals surface area contributed by atoms with E-state index in [-0.39, 0.29) is 36.4 Å². The van der Waals surface area contributed by atoms with Gasteiger partial charge in [0.15, 0.2) is 0 Å². The Balaban J connectivity index is 2.90. The van der Waals surface area contributed by atoms with Crippen molar-refractivity contribution in [2.24, 2.45) is 11.8 Å². The second kappa shape index (κ2) is 5.52. The molecule has 0 spiro atoms. The molecule has 98 valence electrons. The highest BCUT2D eigenvalue weighted by atomic mass is 16.2. The minimum atomic E-state index is -0.357. The fourth-order valence-electron chi connectivity index (χ4n) is 2.48. The lowest BCUT2D eigenvalue weighted by Crippen LogP contribution is -2.62. The summed E-state index contributed by atoms with van der Waals surface area (Å²) in [5.74, 6) is 0.545. The first-order valence-electron chi connectivity index (χ1n) is 6.48. The van der Waals surface area contributed by atoms with Gasteiger partial charge >= 0.3 is 0 Å². The van der Waals surface area contributed by atoms with Gasteiger partial charge in [0.25, 0.3) is 0 Å². The molecular weight excluding hydrogens is 216 g/mol. The Labute approximate surface area is 104 Å². The quantitative estimate of drug-likeness (QED) is 0.807. The molecule has 2 unspecified atom stereocenters. The maximum absolute atomic E-state index is 12.3. The van der Waals surface area contributed by atoms with Gasteiger partial charge in [-0.05, 0) is 18.3 Å². The van der Waals surface area contributed by atoms with E-state index in [9.17, 15) is 9.59 Å². The summed E-state index contributed by atoms with van der Waals surface area (Å²) < 4.78 is 0. The van der Waals surface area contributed by atoms with Crippen molar-refractivity contribution in [1.82, 2.24) is 10.2 Å². The molecule has 0 aromatic carbocycles. The second-order valence-electron chi connectivity index (χ2n) is 5.47. The van der Waals surface area contributed by atoms with E-state index >= 15 is 0 Å². The Morgan fingerprint density at radius 2 is 1.88 bits per heavy atom. The monoisotopic (exact) mass is 240 g/mol. The zero-order valence-electron chi connectivity index (χ0n) is 11.5. The van der Waals surface area contributed by atoms with Crippen molar-refractivity contribution in [1.29, 1.82) is 0 Å². The van der Waals surface area contributed by atoms with Gasteiger partial charge in [-0.15, -0.1) is 0 Å². The lowest BCUT2D eigenvalue weighted by atomic mass is 9.94. The van der Waals surface area contributed by atoms with Gasteiger partial charge in [0.2, 0.25) is 11.8 Å². The van der Waals surface area contributed by atoms with Crippen LogP contribution in [0.25, 0.3) is 0 Å². The topological polar surface area (TPSA) is 49.4 Å². The molecule has 4 nitrogen and oxygen atoms in total. The maximum Gasteiger partial charge on any atom is 0.246 e. The van der Waals surface area contributed by atoms with E-state index < -0.39 is 0 Å². The summed E-state index contributed by atoms with van der Waals surface area (Å²) in [4.78, 5) is 25.8. The van der Waals surface area contributed by atoms with Crippen LogP contribution in [0.15, 0.2) is 0 Å². The van der Waals surface area contributed by atoms with Crippen molar-refractivity contribution in [3.63, 3.8) is 0 Å². The van der Waals surface area contributed by atoms with Crippen LogP contribution in [0.1, 0.15) is 41.0 Å². The van der Waals surface area contributed by atoms with E-state index in [1.165, 1.54) is 0 Å². The number of nitrogens with zero attached hydrogens (tertiary/aromatic N) is 1. The normalized spacial score (nSPS) is 23.2. The molecule has 0 aliphatic carbocycles. The van der Waals surface area contributed by atoms with Gasteiger partial charge in [0, 0.05) is 6.04 Å². The van der Waals surface area contributed by atoms with E-state index in [4.69, 9.17) is 0 Å². The van der Waals surface area contributed by atoms with E-state index in [1.807, 2.05) is 13.8 Å². The predicted molar refractivity (Wildman–Crippen MR) is 67.4 cm³/mol. The van der Waals surface area contributed by atoms with Gasteiger partial charge in [-0.3, -0.25) is 9.59 Å². The van der Waals surface area contributed by atoms with Crippen molar-refractivity contribution in [3.05, 3.63) is 0 Å². The van der Waals surface area contributed by atoms with Crippen molar-refractivity contribution in [2.75, 3.05) is 6.54 Å². The Kier molecular flexibility index (Phi) is 4.54. The number of hydrogen-bond donors (Lipinski definition) is 1. The molecule has 1 heterocycles. The first-order chi connectivity index (χ1) is 7.88. The van der Waals surface area contributed by atoms with Gasteiger partial charge in [0.05, 0.1) is 6.54 Å². The molecule has 0 aromatic rings. The van der Waals surface area contributed by atoms with Crippen LogP contribution in [0.2, 0.25) is 0 Å². The fourth-order valence-corrected chi connectivity index (χ4v) is 2.48. The van der Waals surface area contributed by atoms with Crippen molar-refractivity contribution in [2.45, 2.75) is 53.1 Å². The largest absolute Gasteiger partial charge is 0.343 e. The summed E-state index contributed by atoms with van der Waals surface area (Å²) in [5.41, 5.74) is 0. The first kappa shape index (κ1) is 14.0. The molecule has 4 heteroatoms. The van der Waals surface area contributed by atoms with Crippen LogP contribution in [0.3, 0.4) is 0 Å². The third-order valence-corrected chi connectivity index (χ3v) is 3.43. The highest BCUT2D eigenvalue weighted by molar-refractivity contribution is 5.95. The van der Waals surface area contributed by atoms with E-state index in [0.29, 0.717) is 5.92 Å². The molecule has 0 bridgehead atoms.